The van der Waals surface area contributed by atoms with Crippen LogP contribution in [0.1, 0.15) is 31.0 Å². The highest BCUT2D eigenvalue weighted by molar-refractivity contribution is 6.31. The van der Waals surface area contributed by atoms with Gasteiger partial charge in [0.15, 0.2) is 0 Å². The standard InChI is InChI=1S/C16H18ClN/c1-3-13-8-10-14(11-9-13)18-12(2)15-6-4-5-7-16(15)17/h4-12,18H,3H2,1-2H3. The number of rotatable bonds is 4. The Balaban J connectivity index is 2.11. The number of aryl methyl sites for hydroxylation is 1. The molecule has 0 radical (unpaired) electrons. The number of anilines is 1. The van der Waals surface area contributed by atoms with Crippen molar-refractivity contribution in [3.63, 3.8) is 0 Å². The Morgan fingerprint density at radius 1 is 1.06 bits per heavy atom. The van der Waals surface area contributed by atoms with E-state index in [1.165, 1.54) is 5.56 Å². The Bertz CT molecular complexity index is 505. The molecule has 18 heavy (non-hydrogen) atoms. The van der Waals surface area contributed by atoms with Crippen LogP contribution in [0.4, 0.5) is 5.69 Å². The summed E-state index contributed by atoms with van der Waals surface area (Å²) in [6, 6.07) is 16.7. The van der Waals surface area contributed by atoms with Gasteiger partial charge in [-0.15, -0.1) is 0 Å². The third kappa shape index (κ3) is 3.05. The van der Waals surface area contributed by atoms with E-state index in [1.807, 2.05) is 18.2 Å². The zero-order valence-electron chi connectivity index (χ0n) is 10.8. The summed E-state index contributed by atoms with van der Waals surface area (Å²) in [5.41, 5.74) is 3.60. The average Bonchev–Trinajstić information content (AvgIpc) is 2.40. The number of hydrogen-bond acceptors (Lipinski definition) is 1. The summed E-state index contributed by atoms with van der Waals surface area (Å²) < 4.78 is 0. The van der Waals surface area contributed by atoms with E-state index in [2.05, 4.69) is 49.5 Å². The van der Waals surface area contributed by atoms with Gasteiger partial charge in [-0.1, -0.05) is 48.9 Å². The molecule has 0 heterocycles. The first-order chi connectivity index (χ1) is 8.70. The molecular formula is C16H18ClN. The fourth-order valence-corrected chi connectivity index (χ4v) is 2.29. The molecule has 2 aromatic carbocycles. The summed E-state index contributed by atoms with van der Waals surface area (Å²) in [5, 5.41) is 4.27. The van der Waals surface area contributed by atoms with Crippen LogP contribution in [0.25, 0.3) is 0 Å². The van der Waals surface area contributed by atoms with E-state index >= 15 is 0 Å². The van der Waals surface area contributed by atoms with Crippen LogP contribution >= 0.6 is 11.6 Å². The highest BCUT2D eigenvalue weighted by atomic mass is 35.5. The molecule has 0 saturated carbocycles. The lowest BCUT2D eigenvalue weighted by molar-refractivity contribution is 0.885. The Hall–Kier alpha value is -1.47. The van der Waals surface area contributed by atoms with Gasteiger partial charge in [-0.25, -0.2) is 0 Å². The smallest absolute Gasteiger partial charge is 0.0500 e. The first kappa shape index (κ1) is 13.0. The average molecular weight is 260 g/mol. The molecule has 2 heteroatoms. The van der Waals surface area contributed by atoms with Gasteiger partial charge < -0.3 is 5.32 Å². The van der Waals surface area contributed by atoms with E-state index < -0.39 is 0 Å². The first-order valence-electron chi connectivity index (χ1n) is 6.30. The maximum atomic E-state index is 6.19. The molecule has 0 spiro atoms. The molecule has 0 fully saturated rings. The van der Waals surface area contributed by atoms with Crippen LogP contribution in [0.5, 0.6) is 0 Å². The molecule has 0 aliphatic rings. The van der Waals surface area contributed by atoms with Crippen LogP contribution in [0.15, 0.2) is 48.5 Å². The second kappa shape index (κ2) is 5.92. The lowest BCUT2D eigenvalue weighted by atomic mass is 10.1. The SMILES string of the molecule is CCc1ccc(NC(C)c2ccccc2Cl)cc1. The van der Waals surface area contributed by atoms with Gasteiger partial charge in [0.05, 0.1) is 0 Å². The lowest BCUT2D eigenvalue weighted by Gasteiger charge is -2.17. The molecule has 0 aliphatic heterocycles. The van der Waals surface area contributed by atoms with Gasteiger partial charge in [0.2, 0.25) is 0 Å². The second-order valence-corrected chi connectivity index (χ2v) is 4.85. The van der Waals surface area contributed by atoms with Crippen molar-refractivity contribution < 1.29 is 0 Å². The van der Waals surface area contributed by atoms with Crippen molar-refractivity contribution in [3.8, 4) is 0 Å². The molecule has 1 N–H and O–H groups in total. The molecule has 2 aromatic rings. The van der Waals surface area contributed by atoms with Gasteiger partial charge in [0.25, 0.3) is 0 Å². The van der Waals surface area contributed by atoms with Gasteiger partial charge in [-0.05, 0) is 42.7 Å². The summed E-state index contributed by atoms with van der Waals surface area (Å²) in [5.74, 6) is 0. The van der Waals surface area contributed by atoms with E-state index in [1.54, 1.807) is 0 Å². The van der Waals surface area contributed by atoms with Gasteiger partial charge in [0.1, 0.15) is 0 Å². The molecule has 1 atom stereocenters. The van der Waals surface area contributed by atoms with Crippen molar-refractivity contribution >= 4 is 17.3 Å². The number of hydrogen-bond donors (Lipinski definition) is 1. The van der Waals surface area contributed by atoms with Crippen LogP contribution in [0, 0.1) is 0 Å². The zero-order valence-corrected chi connectivity index (χ0v) is 11.5. The Morgan fingerprint density at radius 3 is 2.33 bits per heavy atom. The Kier molecular flexibility index (Phi) is 4.27. The maximum absolute atomic E-state index is 6.19. The monoisotopic (exact) mass is 259 g/mol. The molecule has 0 aromatic heterocycles. The molecule has 0 aliphatic carbocycles. The number of nitrogens with one attached hydrogen (secondary N) is 1. The highest BCUT2D eigenvalue weighted by Gasteiger charge is 2.08. The predicted molar refractivity (Wildman–Crippen MR) is 79.3 cm³/mol. The zero-order chi connectivity index (χ0) is 13.0. The minimum Gasteiger partial charge on any atom is -0.378 e. The Morgan fingerprint density at radius 2 is 1.72 bits per heavy atom. The normalized spacial score (nSPS) is 12.2. The summed E-state index contributed by atoms with van der Waals surface area (Å²) in [6.45, 7) is 4.28. The summed E-state index contributed by atoms with van der Waals surface area (Å²) in [4.78, 5) is 0. The summed E-state index contributed by atoms with van der Waals surface area (Å²) in [7, 11) is 0. The van der Waals surface area contributed by atoms with Crippen molar-refractivity contribution in [2.75, 3.05) is 5.32 Å². The van der Waals surface area contributed by atoms with Gasteiger partial charge >= 0.3 is 0 Å². The molecular weight excluding hydrogens is 242 g/mol. The van der Waals surface area contributed by atoms with E-state index in [0.29, 0.717) is 0 Å². The quantitative estimate of drug-likeness (QED) is 0.808. The van der Waals surface area contributed by atoms with Gasteiger partial charge in [0, 0.05) is 16.8 Å². The largest absolute Gasteiger partial charge is 0.378 e. The van der Waals surface area contributed by atoms with Crippen molar-refractivity contribution in [3.05, 3.63) is 64.7 Å². The minimum absolute atomic E-state index is 0.200. The Labute approximate surface area is 114 Å². The van der Waals surface area contributed by atoms with E-state index in [-0.39, 0.29) is 6.04 Å². The van der Waals surface area contributed by atoms with E-state index in [4.69, 9.17) is 11.6 Å². The fraction of sp³-hybridized carbons (Fsp3) is 0.250. The topological polar surface area (TPSA) is 12.0 Å². The van der Waals surface area contributed by atoms with Crippen molar-refractivity contribution in [1.82, 2.24) is 0 Å². The van der Waals surface area contributed by atoms with Crippen LogP contribution in [-0.2, 0) is 6.42 Å². The molecule has 1 unspecified atom stereocenters. The first-order valence-corrected chi connectivity index (χ1v) is 6.68. The summed E-state index contributed by atoms with van der Waals surface area (Å²) in [6.07, 6.45) is 1.07. The van der Waals surface area contributed by atoms with Gasteiger partial charge in [-0.3, -0.25) is 0 Å². The number of halogens is 1. The fourth-order valence-electron chi connectivity index (χ4n) is 1.99. The minimum atomic E-state index is 0.200. The predicted octanol–water partition coefficient (Wildman–Crippen LogP) is 5.08. The van der Waals surface area contributed by atoms with Crippen LogP contribution in [0.2, 0.25) is 5.02 Å². The molecule has 94 valence electrons. The van der Waals surface area contributed by atoms with Crippen LogP contribution in [-0.4, -0.2) is 0 Å². The van der Waals surface area contributed by atoms with Crippen LogP contribution < -0.4 is 5.32 Å². The van der Waals surface area contributed by atoms with E-state index in [9.17, 15) is 0 Å². The maximum Gasteiger partial charge on any atom is 0.0500 e. The molecule has 0 saturated heterocycles. The molecule has 2 rings (SSSR count). The third-order valence-corrected chi connectivity index (χ3v) is 3.46. The molecule has 0 bridgehead atoms. The van der Waals surface area contributed by atoms with Crippen molar-refractivity contribution in [2.45, 2.75) is 26.3 Å². The summed E-state index contributed by atoms with van der Waals surface area (Å²) >= 11 is 6.19. The van der Waals surface area contributed by atoms with Gasteiger partial charge in [-0.2, -0.15) is 0 Å². The van der Waals surface area contributed by atoms with Crippen LogP contribution in [0.3, 0.4) is 0 Å². The van der Waals surface area contributed by atoms with E-state index in [0.717, 1.165) is 22.7 Å². The second-order valence-electron chi connectivity index (χ2n) is 4.44. The van der Waals surface area contributed by atoms with Crippen molar-refractivity contribution in [2.24, 2.45) is 0 Å². The lowest BCUT2D eigenvalue weighted by Crippen LogP contribution is -2.07. The van der Waals surface area contributed by atoms with Crippen molar-refractivity contribution in [1.29, 1.82) is 0 Å². The molecule has 1 nitrogen and oxygen atoms in total. The highest BCUT2D eigenvalue weighted by Crippen LogP contribution is 2.25. The third-order valence-electron chi connectivity index (χ3n) is 3.12. The molecule has 0 amide bonds. The number of benzene rings is 2.